The van der Waals surface area contributed by atoms with Crippen LogP contribution in [-0.4, -0.2) is 27.2 Å². The van der Waals surface area contributed by atoms with Gasteiger partial charge in [-0.05, 0) is 42.3 Å². The highest BCUT2D eigenvalue weighted by molar-refractivity contribution is 6.29. The van der Waals surface area contributed by atoms with Crippen molar-refractivity contribution in [2.45, 2.75) is 6.42 Å². The number of hydrogen-bond donors (Lipinski definition) is 1. The summed E-state index contributed by atoms with van der Waals surface area (Å²) in [4.78, 5) is 15.8. The number of nitrogens with zero attached hydrogens (tertiary/aromatic N) is 3. The molecule has 1 N–H and O–H groups in total. The molecule has 2 heterocycles. The first-order valence-corrected chi connectivity index (χ1v) is 7.59. The van der Waals surface area contributed by atoms with Gasteiger partial charge in [-0.2, -0.15) is 5.10 Å². The van der Waals surface area contributed by atoms with E-state index in [4.69, 9.17) is 11.6 Å². The smallest absolute Gasteiger partial charge is 0.252 e. The van der Waals surface area contributed by atoms with Gasteiger partial charge >= 0.3 is 0 Å². The van der Waals surface area contributed by atoms with Crippen LogP contribution in [0.15, 0.2) is 61.1 Å². The Bertz CT molecular complexity index is 767. The normalized spacial score (nSPS) is 10.5. The van der Waals surface area contributed by atoms with Crippen LogP contribution >= 0.6 is 11.6 Å². The average molecular weight is 327 g/mol. The fourth-order valence-electron chi connectivity index (χ4n) is 2.17. The molecule has 0 saturated carbocycles. The summed E-state index contributed by atoms with van der Waals surface area (Å²) in [6.07, 6.45) is 5.87. The molecular weight excluding hydrogens is 312 g/mol. The molecule has 0 aliphatic rings. The highest BCUT2D eigenvalue weighted by Gasteiger charge is 2.05. The molecule has 3 aromatic rings. The van der Waals surface area contributed by atoms with Gasteiger partial charge in [0.05, 0.1) is 11.3 Å². The molecule has 0 aliphatic carbocycles. The largest absolute Gasteiger partial charge is 0.352 e. The third-order valence-corrected chi connectivity index (χ3v) is 3.62. The molecule has 6 heteroatoms. The first kappa shape index (κ1) is 15.2. The molecule has 0 bridgehead atoms. The number of pyridine rings is 1. The Labute approximate surface area is 138 Å². The van der Waals surface area contributed by atoms with Gasteiger partial charge in [0.2, 0.25) is 0 Å². The van der Waals surface area contributed by atoms with Crippen molar-refractivity contribution in [3.8, 4) is 5.69 Å². The number of nitrogens with one attached hydrogen (secondary N) is 1. The van der Waals surface area contributed by atoms with E-state index < -0.39 is 0 Å². The zero-order valence-corrected chi connectivity index (χ0v) is 13.1. The Hall–Kier alpha value is -2.66. The number of carbonyl (C=O) groups excluding carboxylic acids is 1. The van der Waals surface area contributed by atoms with Crippen molar-refractivity contribution in [3.63, 3.8) is 0 Å². The highest BCUT2D eigenvalue weighted by atomic mass is 35.5. The lowest BCUT2D eigenvalue weighted by Crippen LogP contribution is -2.25. The summed E-state index contributed by atoms with van der Waals surface area (Å²) in [5.41, 5.74) is 2.66. The molecule has 116 valence electrons. The molecule has 0 radical (unpaired) electrons. The Morgan fingerprint density at radius 2 is 2.00 bits per heavy atom. The van der Waals surface area contributed by atoms with Crippen molar-refractivity contribution in [1.82, 2.24) is 20.1 Å². The summed E-state index contributed by atoms with van der Waals surface area (Å²) in [5.74, 6) is -0.151. The predicted molar refractivity (Wildman–Crippen MR) is 88.8 cm³/mol. The fraction of sp³-hybridized carbons (Fsp3) is 0.118. The molecule has 0 fully saturated rings. The minimum atomic E-state index is -0.151. The van der Waals surface area contributed by atoms with Gasteiger partial charge in [0.1, 0.15) is 5.15 Å². The number of aromatic nitrogens is 3. The van der Waals surface area contributed by atoms with Gasteiger partial charge in [-0.1, -0.05) is 23.7 Å². The van der Waals surface area contributed by atoms with Crippen molar-refractivity contribution in [2.75, 3.05) is 6.54 Å². The third-order valence-electron chi connectivity index (χ3n) is 3.39. The number of carbonyl (C=O) groups is 1. The quantitative estimate of drug-likeness (QED) is 0.733. The van der Waals surface area contributed by atoms with Gasteiger partial charge in [0.15, 0.2) is 0 Å². The van der Waals surface area contributed by atoms with Crippen molar-refractivity contribution >= 4 is 17.5 Å². The molecular formula is C17H15ClN4O. The van der Waals surface area contributed by atoms with E-state index in [0.29, 0.717) is 17.3 Å². The molecule has 0 aliphatic heterocycles. The Kier molecular flexibility index (Phi) is 4.68. The SMILES string of the molecule is O=C(NCCc1ccc(-n2cccn2)cc1)c1ccc(Cl)nc1. The second kappa shape index (κ2) is 7.07. The summed E-state index contributed by atoms with van der Waals surface area (Å²) in [6.45, 7) is 0.558. The maximum Gasteiger partial charge on any atom is 0.252 e. The molecule has 3 rings (SSSR count). The lowest BCUT2D eigenvalue weighted by atomic mass is 10.1. The monoisotopic (exact) mass is 326 g/mol. The maximum atomic E-state index is 11.9. The van der Waals surface area contributed by atoms with Crippen molar-refractivity contribution in [3.05, 3.63) is 77.3 Å². The van der Waals surface area contributed by atoms with Crippen LogP contribution in [0.3, 0.4) is 0 Å². The Balaban J connectivity index is 1.52. The van der Waals surface area contributed by atoms with Crippen molar-refractivity contribution < 1.29 is 4.79 Å². The van der Waals surface area contributed by atoms with E-state index in [1.54, 1.807) is 23.0 Å². The second-order valence-corrected chi connectivity index (χ2v) is 5.38. The molecule has 1 aromatic carbocycles. The lowest BCUT2D eigenvalue weighted by molar-refractivity contribution is 0.0954. The van der Waals surface area contributed by atoms with Crippen LogP contribution < -0.4 is 5.32 Å². The third kappa shape index (κ3) is 3.96. The number of rotatable bonds is 5. The molecule has 0 spiro atoms. The van der Waals surface area contributed by atoms with E-state index in [0.717, 1.165) is 17.7 Å². The first-order chi connectivity index (χ1) is 11.2. The molecule has 23 heavy (non-hydrogen) atoms. The maximum absolute atomic E-state index is 11.9. The van der Waals surface area contributed by atoms with E-state index in [9.17, 15) is 4.79 Å². The van der Waals surface area contributed by atoms with Crippen LogP contribution in [0.1, 0.15) is 15.9 Å². The fourth-order valence-corrected chi connectivity index (χ4v) is 2.28. The van der Waals surface area contributed by atoms with Crippen molar-refractivity contribution in [1.29, 1.82) is 0 Å². The zero-order chi connectivity index (χ0) is 16.1. The van der Waals surface area contributed by atoms with Crippen LogP contribution in [-0.2, 0) is 6.42 Å². The van der Waals surface area contributed by atoms with E-state index in [-0.39, 0.29) is 5.91 Å². The Morgan fingerprint density at radius 3 is 2.65 bits per heavy atom. The number of amides is 1. The molecule has 1 amide bonds. The first-order valence-electron chi connectivity index (χ1n) is 7.21. The summed E-state index contributed by atoms with van der Waals surface area (Å²) >= 11 is 5.70. The molecule has 2 aromatic heterocycles. The number of benzene rings is 1. The zero-order valence-electron chi connectivity index (χ0n) is 12.3. The van der Waals surface area contributed by atoms with Crippen molar-refractivity contribution in [2.24, 2.45) is 0 Å². The van der Waals surface area contributed by atoms with Gasteiger partial charge in [0.25, 0.3) is 5.91 Å². The van der Waals surface area contributed by atoms with Gasteiger partial charge in [0, 0.05) is 25.1 Å². The minimum absolute atomic E-state index is 0.151. The van der Waals surface area contributed by atoms with E-state index in [1.165, 1.54) is 6.20 Å². The highest BCUT2D eigenvalue weighted by Crippen LogP contribution is 2.09. The van der Waals surface area contributed by atoms with Gasteiger partial charge in [-0.15, -0.1) is 0 Å². The van der Waals surface area contributed by atoms with Crippen LogP contribution in [0.4, 0.5) is 0 Å². The predicted octanol–water partition coefficient (Wildman–Crippen LogP) is 2.89. The summed E-state index contributed by atoms with van der Waals surface area (Å²) < 4.78 is 1.80. The number of hydrogen-bond acceptors (Lipinski definition) is 3. The van der Waals surface area contributed by atoms with Gasteiger partial charge in [-0.3, -0.25) is 4.79 Å². The van der Waals surface area contributed by atoms with E-state index in [1.807, 2.05) is 36.5 Å². The second-order valence-electron chi connectivity index (χ2n) is 4.99. The number of halogens is 1. The van der Waals surface area contributed by atoms with Crippen LogP contribution in [0, 0.1) is 0 Å². The molecule has 0 atom stereocenters. The van der Waals surface area contributed by atoms with Crippen LogP contribution in [0.5, 0.6) is 0 Å². The van der Waals surface area contributed by atoms with Crippen LogP contribution in [0.2, 0.25) is 5.15 Å². The van der Waals surface area contributed by atoms with E-state index >= 15 is 0 Å². The molecule has 0 saturated heterocycles. The summed E-state index contributed by atoms with van der Waals surface area (Å²) in [6, 6.07) is 13.2. The lowest BCUT2D eigenvalue weighted by Gasteiger charge is -2.06. The summed E-state index contributed by atoms with van der Waals surface area (Å²) in [5, 5.41) is 7.43. The molecule has 0 unspecified atom stereocenters. The minimum Gasteiger partial charge on any atom is -0.352 e. The average Bonchev–Trinajstić information content (AvgIpc) is 3.10. The standard InChI is InChI=1S/C17H15ClN4O/c18-16-7-4-14(12-20-16)17(23)19-10-8-13-2-5-15(6-3-13)22-11-1-9-21-22/h1-7,9,11-12H,8,10H2,(H,19,23). The van der Waals surface area contributed by atoms with Crippen LogP contribution in [0.25, 0.3) is 5.69 Å². The Morgan fingerprint density at radius 1 is 1.17 bits per heavy atom. The van der Waals surface area contributed by atoms with E-state index in [2.05, 4.69) is 15.4 Å². The molecule has 5 nitrogen and oxygen atoms in total. The summed E-state index contributed by atoms with van der Waals surface area (Å²) in [7, 11) is 0. The van der Waals surface area contributed by atoms with Gasteiger partial charge < -0.3 is 5.32 Å². The van der Waals surface area contributed by atoms with Gasteiger partial charge in [-0.25, -0.2) is 9.67 Å². The topological polar surface area (TPSA) is 59.8 Å².